The van der Waals surface area contributed by atoms with Gasteiger partial charge in [0.2, 0.25) is 0 Å². The largest absolute Gasteiger partial charge is 0.573 e. The van der Waals surface area contributed by atoms with Crippen molar-refractivity contribution < 1.29 is 27.8 Å². The molecule has 1 atom stereocenters. The zero-order chi connectivity index (χ0) is 20.0. The summed E-state index contributed by atoms with van der Waals surface area (Å²) in [6.45, 7) is 1.51. The Labute approximate surface area is 158 Å². The van der Waals surface area contributed by atoms with Crippen molar-refractivity contribution in [3.05, 3.63) is 41.7 Å². The monoisotopic (exact) mass is 403 g/mol. The van der Waals surface area contributed by atoms with Gasteiger partial charge in [-0.05, 0) is 49.6 Å². The molecule has 2 rings (SSSR count). The van der Waals surface area contributed by atoms with Crippen LogP contribution in [-0.2, 0) is 0 Å². The van der Waals surface area contributed by atoms with Crippen LogP contribution in [0.1, 0.15) is 22.5 Å². The molecule has 10 heteroatoms. The number of hydrogen-bond acceptors (Lipinski definition) is 5. The van der Waals surface area contributed by atoms with Gasteiger partial charge in [-0.25, -0.2) is 4.68 Å². The van der Waals surface area contributed by atoms with Crippen molar-refractivity contribution in [3.8, 4) is 11.4 Å². The predicted molar refractivity (Wildman–Crippen MR) is 96.3 cm³/mol. The summed E-state index contributed by atoms with van der Waals surface area (Å²) in [4.78, 5) is 12.4. The van der Waals surface area contributed by atoms with Gasteiger partial charge in [-0.3, -0.25) is 4.79 Å². The lowest BCUT2D eigenvalue weighted by Gasteiger charge is -2.15. The van der Waals surface area contributed by atoms with Crippen LogP contribution in [0.5, 0.6) is 5.75 Å². The normalized spacial score (nSPS) is 12.7. The summed E-state index contributed by atoms with van der Waals surface area (Å²) in [7, 11) is 0. The van der Waals surface area contributed by atoms with Crippen LogP contribution in [0, 0.1) is 6.92 Å². The van der Waals surface area contributed by atoms with Crippen molar-refractivity contribution in [2.45, 2.75) is 25.7 Å². The Morgan fingerprint density at radius 1 is 1.37 bits per heavy atom. The van der Waals surface area contributed by atoms with Crippen LogP contribution in [0.4, 0.5) is 13.2 Å². The number of carbonyl (C=O) groups excluding carboxylic acids is 1. The molecule has 2 aromatic rings. The molecule has 0 radical (unpaired) electrons. The number of rotatable bonds is 8. The van der Waals surface area contributed by atoms with Crippen molar-refractivity contribution in [3.63, 3.8) is 0 Å². The van der Waals surface area contributed by atoms with Gasteiger partial charge in [0.1, 0.15) is 5.75 Å². The average molecular weight is 403 g/mol. The molecule has 1 aromatic carbocycles. The van der Waals surface area contributed by atoms with E-state index in [1.807, 2.05) is 6.26 Å². The second kappa shape index (κ2) is 9.14. The summed E-state index contributed by atoms with van der Waals surface area (Å²) in [5.74, 6) is 0.0975. The first kappa shape index (κ1) is 21.1. The Kier molecular flexibility index (Phi) is 7.14. The van der Waals surface area contributed by atoms with Gasteiger partial charge in [0.05, 0.1) is 35.8 Å². The quantitative estimate of drug-likeness (QED) is 0.709. The molecule has 0 aliphatic carbocycles. The molecule has 1 aromatic heterocycles. The Morgan fingerprint density at radius 2 is 2.04 bits per heavy atom. The van der Waals surface area contributed by atoms with Crippen molar-refractivity contribution in [1.82, 2.24) is 15.1 Å². The molecule has 6 nitrogen and oxygen atoms in total. The highest BCUT2D eigenvalue weighted by Gasteiger charge is 2.31. The Balaban J connectivity index is 2.13. The smallest absolute Gasteiger partial charge is 0.406 e. The van der Waals surface area contributed by atoms with Crippen LogP contribution < -0.4 is 10.1 Å². The fraction of sp³-hybridized carbons (Fsp3) is 0.412. The first-order valence-electron chi connectivity index (χ1n) is 8.06. The number of amides is 1. The highest BCUT2D eigenvalue weighted by atomic mass is 32.2. The van der Waals surface area contributed by atoms with E-state index < -0.39 is 6.36 Å². The number of nitrogens with zero attached hydrogens (tertiary/aromatic N) is 2. The number of carbonyl (C=O) groups is 1. The maximum absolute atomic E-state index is 12.4. The molecule has 0 aliphatic rings. The Bertz CT molecular complexity index is 763. The van der Waals surface area contributed by atoms with Crippen molar-refractivity contribution in [2.75, 3.05) is 18.6 Å². The second-order valence-corrected chi connectivity index (χ2v) is 6.72. The van der Waals surface area contributed by atoms with Crippen molar-refractivity contribution in [2.24, 2.45) is 0 Å². The lowest BCUT2D eigenvalue weighted by atomic mass is 10.2. The van der Waals surface area contributed by atoms with E-state index in [1.54, 1.807) is 18.7 Å². The fourth-order valence-electron chi connectivity index (χ4n) is 2.41. The van der Waals surface area contributed by atoms with E-state index in [0.717, 1.165) is 5.75 Å². The number of aromatic nitrogens is 2. The van der Waals surface area contributed by atoms with E-state index in [-0.39, 0.29) is 24.3 Å². The third-order valence-corrected chi connectivity index (χ3v) is 4.44. The average Bonchev–Trinajstić information content (AvgIpc) is 2.99. The summed E-state index contributed by atoms with van der Waals surface area (Å²) >= 11 is 1.62. The maximum atomic E-state index is 12.4. The molecule has 0 aliphatic heterocycles. The van der Waals surface area contributed by atoms with Crippen molar-refractivity contribution >= 4 is 17.7 Å². The summed E-state index contributed by atoms with van der Waals surface area (Å²) in [5, 5.41) is 16.3. The molecule has 1 amide bonds. The van der Waals surface area contributed by atoms with E-state index in [1.165, 1.54) is 35.1 Å². The molecule has 0 fully saturated rings. The second-order valence-electron chi connectivity index (χ2n) is 5.73. The number of nitrogens with one attached hydrogen (secondary N) is 1. The Hall–Kier alpha value is -2.20. The summed E-state index contributed by atoms with van der Waals surface area (Å²) in [6, 6.07) is 4.82. The van der Waals surface area contributed by atoms with Crippen LogP contribution in [0.2, 0.25) is 0 Å². The van der Waals surface area contributed by atoms with E-state index >= 15 is 0 Å². The minimum absolute atomic E-state index is 0.167. The fourth-order valence-corrected chi connectivity index (χ4v) is 2.93. The van der Waals surface area contributed by atoms with Gasteiger partial charge < -0.3 is 15.2 Å². The molecule has 0 bridgehead atoms. The van der Waals surface area contributed by atoms with Gasteiger partial charge in [-0.15, -0.1) is 13.2 Å². The molecular formula is C17H20F3N3O3S. The molecule has 27 heavy (non-hydrogen) atoms. The number of ether oxygens (including phenoxy) is 1. The number of alkyl halides is 3. The van der Waals surface area contributed by atoms with Gasteiger partial charge in [-0.2, -0.15) is 16.9 Å². The molecule has 0 spiro atoms. The van der Waals surface area contributed by atoms with Crippen LogP contribution in [0.15, 0.2) is 30.5 Å². The highest BCUT2D eigenvalue weighted by Crippen LogP contribution is 2.24. The predicted octanol–water partition coefficient (Wildman–Crippen LogP) is 2.92. The SMILES string of the molecule is CSCCC(CO)NC(=O)c1cnn(-c2ccc(OC(F)(F)F)cc2)c1C. The number of benzene rings is 1. The van der Waals surface area contributed by atoms with Gasteiger partial charge >= 0.3 is 6.36 Å². The van der Waals surface area contributed by atoms with Gasteiger partial charge in [0, 0.05) is 0 Å². The number of hydrogen-bond donors (Lipinski definition) is 2. The van der Waals surface area contributed by atoms with E-state index in [4.69, 9.17) is 0 Å². The van der Waals surface area contributed by atoms with Crippen molar-refractivity contribution in [1.29, 1.82) is 0 Å². The zero-order valence-electron chi connectivity index (χ0n) is 14.8. The van der Waals surface area contributed by atoms with E-state index in [2.05, 4.69) is 15.2 Å². The van der Waals surface area contributed by atoms with E-state index in [0.29, 0.717) is 23.4 Å². The molecule has 0 saturated heterocycles. The summed E-state index contributed by atoms with van der Waals surface area (Å²) in [6.07, 6.45) is -0.797. The summed E-state index contributed by atoms with van der Waals surface area (Å²) in [5.41, 5.74) is 1.34. The number of halogens is 3. The minimum atomic E-state index is -4.76. The lowest BCUT2D eigenvalue weighted by Crippen LogP contribution is -2.38. The number of aliphatic hydroxyl groups is 1. The van der Waals surface area contributed by atoms with Crippen LogP contribution >= 0.6 is 11.8 Å². The molecule has 2 N–H and O–H groups in total. The van der Waals surface area contributed by atoms with Crippen LogP contribution in [0.3, 0.4) is 0 Å². The Morgan fingerprint density at radius 3 is 2.59 bits per heavy atom. The van der Waals surface area contributed by atoms with Gasteiger partial charge in [-0.1, -0.05) is 0 Å². The van der Waals surface area contributed by atoms with Crippen LogP contribution in [0.25, 0.3) is 5.69 Å². The highest BCUT2D eigenvalue weighted by molar-refractivity contribution is 7.98. The summed E-state index contributed by atoms with van der Waals surface area (Å²) < 4.78 is 42.0. The van der Waals surface area contributed by atoms with E-state index in [9.17, 15) is 23.1 Å². The minimum Gasteiger partial charge on any atom is -0.406 e. The number of thioether (sulfide) groups is 1. The molecule has 0 saturated carbocycles. The maximum Gasteiger partial charge on any atom is 0.573 e. The first-order chi connectivity index (χ1) is 12.7. The molecule has 1 heterocycles. The van der Waals surface area contributed by atoms with Gasteiger partial charge in [0.15, 0.2) is 0 Å². The van der Waals surface area contributed by atoms with Crippen LogP contribution in [-0.4, -0.2) is 51.8 Å². The topological polar surface area (TPSA) is 76.4 Å². The molecular weight excluding hydrogens is 383 g/mol. The van der Waals surface area contributed by atoms with Gasteiger partial charge in [0.25, 0.3) is 5.91 Å². The third-order valence-electron chi connectivity index (χ3n) is 3.80. The first-order valence-corrected chi connectivity index (χ1v) is 9.46. The zero-order valence-corrected chi connectivity index (χ0v) is 15.6. The third kappa shape index (κ3) is 5.90. The standard InChI is InChI=1S/C17H20F3N3O3S/c1-11-15(16(25)22-12(10-24)7-8-27-2)9-21-23(11)13-3-5-14(6-4-13)26-17(18,19)20/h3-6,9,12,24H,7-8,10H2,1-2H3,(H,22,25). The number of aliphatic hydroxyl groups excluding tert-OH is 1. The molecule has 1 unspecified atom stereocenters. The lowest BCUT2D eigenvalue weighted by molar-refractivity contribution is -0.274. The molecule has 148 valence electrons.